The molecule has 0 aromatic carbocycles. The van der Waals surface area contributed by atoms with Crippen LogP contribution >= 0.6 is 15.9 Å². The largest absolute Gasteiger partial charge is 0.394 e. The molecule has 2 aromatic rings. The first-order valence-electron chi connectivity index (χ1n) is 6.58. The van der Waals surface area contributed by atoms with Gasteiger partial charge < -0.3 is 30.4 Å². The van der Waals surface area contributed by atoms with E-state index in [9.17, 15) is 15.3 Å². The van der Waals surface area contributed by atoms with E-state index in [1.54, 1.807) is 21.8 Å². The van der Waals surface area contributed by atoms with Crippen LogP contribution < -0.4 is 5.73 Å². The van der Waals surface area contributed by atoms with Crippen molar-refractivity contribution in [3.63, 3.8) is 0 Å². The van der Waals surface area contributed by atoms with Crippen LogP contribution in [0.2, 0.25) is 0 Å². The maximum absolute atomic E-state index is 10.2. The molecule has 0 aliphatic carbocycles. The number of hydrogen-bond donors (Lipinski definition) is 4. The summed E-state index contributed by atoms with van der Waals surface area (Å²) in [6.07, 6.45) is 0.685. The summed E-state index contributed by atoms with van der Waals surface area (Å²) in [6.45, 7) is -0.390. The summed E-state index contributed by atoms with van der Waals surface area (Å²) >= 11 is 3.21. The lowest BCUT2D eigenvalue weighted by Gasteiger charge is -2.17. The van der Waals surface area contributed by atoms with Gasteiger partial charge in [0.25, 0.3) is 0 Å². The number of nitrogen functional groups attached to an aromatic ring is 1. The maximum atomic E-state index is 10.2. The summed E-state index contributed by atoms with van der Waals surface area (Å²) in [7, 11) is 0. The number of anilines is 1. The molecular weight excluding hydrogens is 356 g/mol. The zero-order chi connectivity index (χ0) is 15.9. The lowest BCUT2D eigenvalue weighted by atomic mass is 10.1. The molecule has 4 unspecified atom stereocenters. The fraction of sp³-hybridized carbons (Fsp3) is 0.385. The molecule has 0 radical (unpaired) electrons. The molecule has 8 nitrogen and oxygen atoms in total. The molecule has 4 atom stereocenters. The second-order valence-electron chi connectivity index (χ2n) is 4.97. The number of aromatic nitrogens is 3. The van der Waals surface area contributed by atoms with Gasteiger partial charge in [-0.1, -0.05) is 15.9 Å². The Morgan fingerprint density at radius 2 is 2.14 bits per heavy atom. The average Bonchev–Trinajstić information content (AvgIpc) is 3.00. The second-order valence-corrected chi connectivity index (χ2v) is 5.50. The second kappa shape index (κ2) is 5.94. The van der Waals surface area contributed by atoms with E-state index in [0.29, 0.717) is 16.9 Å². The van der Waals surface area contributed by atoms with Crippen LogP contribution in [0.3, 0.4) is 0 Å². The molecule has 5 N–H and O–H groups in total. The van der Waals surface area contributed by atoms with Crippen molar-refractivity contribution in [2.75, 3.05) is 12.3 Å². The molecule has 1 fully saturated rings. The number of aliphatic hydroxyl groups excluding tert-OH is 3. The number of fused-ring (bicyclic) bond motifs is 1. The van der Waals surface area contributed by atoms with Gasteiger partial charge in [0, 0.05) is 11.8 Å². The van der Waals surface area contributed by atoms with Crippen molar-refractivity contribution in [2.45, 2.75) is 24.5 Å². The summed E-state index contributed by atoms with van der Waals surface area (Å²) < 4.78 is 7.12. The van der Waals surface area contributed by atoms with Gasteiger partial charge in [-0.2, -0.15) is 0 Å². The fourth-order valence-electron chi connectivity index (χ4n) is 2.64. The smallest absolute Gasteiger partial charge is 0.164 e. The highest BCUT2D eigenvalue weighted by Gasteiger charge is 2.44. The van der Waals surface area contributed by atoms with Crippen LogP contribution in [0, 0.1) is 0 Å². The Morgan fingerprint density at radius 1 is 1.36 bits per heavy atom. The SMILES string of the molecule is Nc1ncnc2c1c(/C=C/Br)cn2C1OC(CO)C(O)C1O. The Hall–Kier alpha value is -1.52. The number of aliphatic hydroxyl groups is 3. The van der Waals surface area contributed by atoms with Crippen LogP contribution in [0.5, 0.6) is 0 Å². The predicted octanol–water partition coefficient (Wildman–Crippen LogP) is -0.00940. The van der Waals surface area contributed by atoms with Gasteiger partial charge in [0.2, 0.25) is 0 Å². The van der Waals surface area contributed by atoms with E-state index < -0.39 is 24.5 Å². The van der Waals surface area contributed by atoms with Crippen molar-refractivity contribution in [3.8, 4) is 0 Å². The Balaban J connectivity index is 2.14. The number of rotatable bonds is 3. The summed E-state index contributed by atoms with van der Waals surface area (Å²) in [4.78, 5) is 9.82. The zero-order valence-electron chi connectivity index (χ0n) is 11.4. The molecule has 2 aromatic heterocycles. The predicted molar refractivity (Wildman–Crippen MR) is 82.9 cm³/mol. The van der Waals surface area contributed by atoms with Gasteiger partial charge in [-0.15, -0.1) is 0 Å². The van der Waals surface area contributed by atoms with Crippen molar-refractivity contribution < 1.29 is 20.1 Å². The van der Waals surface area contributed by atoms with E-state index in [1.807, 2.05) is 0 Å². The van der Waals surface area contributed by atoms with Gasteiger partial charge in [-0.25, -0.2) is 9.97 Å². The molecule has 1 saturated heterocycles. The van der Waals surface area contributed by atoms with Gasteiger partial charge in [-0.3, -0.25) is 0 Å². The maximum Gasteiger partial charge on any atom is 0.164 e. The molecule has 3 rings (SSSR count). The van der Waals surface area contributed by atoms with Crippen LogP contribution in [0.15, 0.2) is 17.5 Å². The number of nitrogens with two attached hydrogens (primary N) is 1. The lowest BCUT2D eigenvalue weighted by molar-refractivity contribution is -0.0508. The van der Waals surface area contributed by atoms with Crippen LogP contribution in [-0.4, -0.2) is 54.8 Å². The van der Waals surface area contributed by atoms with E-state index in [2.05, 4.69) is 25.9 Å². The fourth-order valence-corrected chi connectivity index (χ4v) is 2.92. The Morgan fingerprint density at radius 3 is 2.77 bits per heavy atom. The molecule has 22 heavy (non-hydrogen) atoms. The first-order chi connectivity index (χ1) is 10.6. The summed E-state index contributed by atoms with van der Waals surface area (Å²) in [5.74, 6) is 0.302. The van der Waals surface area contributed by atoms with Crippen molar-refractivity contribution in [1.29, 1.82) is 0 Å². The highest BCUT2D eigenvalue weighted by molar-refractivity contribution is 9.11. The third-order valence-electron chi connectivity index (χ3n) is 3.70. The minimum Gasteiger partial charge on any atom is -0.394 e. The summed E-state index contributed by atoms with van der Waals surface area (Å²) in [6, 6.07) is 0. The number of halogens is 1. The zero-order valence-corrected chi connectivity index (χ0v) is 13.0. The minimum atomic E-state index is -1.19. The highest BCUT2D eigenvalue weighted by atomic mass is 79.9. The molecule has 9 heteroatoms. The van der Waals surface area contributed by atoms with Crippen LogP contribution in [-0.2, 0) is 4.74 Å². The van der Waals surface area contributed by atoms with Gasteiger partial charge in [0.1, 0.15) is 36.1 Å². The van der Waals surface area contributed by atoms with Crippen molar-refractivity contribution in [2.24, 2.45) is 0 Å². The van der Waals surface area contributed by atoms with E-state index in [4.69, 9.17) is 10.5 Å². The van der Waals surface area contributed by atoms with E-state index in [0.717, 1.165) is 5.56 Å². The lowest BCUT2D eigenvalue weighted by Crippen LogP contribution is -2.33. The van der Waals surface area contributed by atoms with E-state index in [1.165, 1.54) is 6.33 Å². The van der Waals surface area contributed by atoms with Gasteiger partial charge in [-0.05, 0) is 11.1 Å². The quantitative estimate of drug-likeness (QED) is 0.598. The molecule has 3 heterocycles. The third kappa shape index (κ3) is 2.31. The highest BCUT2D eigenvalue weighted by Crippen LogP contribution is 2.34. The monoisotopic (exact) mass is 370 g/mol. The van der Waals surface area contributed by atoms with Crippen molar-refractivity contribution in [1.82, 2.24) is 14.5 Å². The van der Waals surface area contributed by atoms with Crippen molar-refractivity contribution in [3.05, 3.63) is 23.1 Å². The summed E-state index contributed by atoms with van der Waals surface area (Å²) in [5, 5.41) is 29.9. The molecular formula is C13H15BrN4O4. The first kappa shape index (κ1) is 15.4. The third-order valence-corrected chi connectivity index (χ3v) is 3.97. The molecule has 0 spiro atoms. The average molecular weight is 371 g/mol. The molecule has 118 valence electrons. The molecule has 1 aliphatic rings. The van der Waals surface area contributed by atoms with Crippen LogP contribution in [0.4, 0.5) is 5.82 Å². The van der Waals surface area contributed by atoms with Gasteiger partial charge >= 0.3 is 0 Å². The molecule has 0 saturated carbocycles. The number of hydrogen-bond acceptors (Lipinski definition) is 7. The Kier molecular flexibility index (Phi) is 4.15. The number of nitrogens with zero attached hydrogens (tertiary/aromatic N) is 3. The molecule has 0 amide bonds. The molecule has 0 bridgehead atoms. The topological polar surface area (TPSA) is 127 Å². The summed E-state index contributed by atoms with van der Waals surface area (Å²) in [5.41, 5.74) is 7.12. The van der Waals surface area contributed by atoms with Crippen molar-refractivity contribution >= 4 is 38.9 Å². The Labute approximate surface area is 134 Å². The van der Waals surface area contributed by atoms with Crippen LogP contribution in [0.1, 0.15) is 11.8 Å². The Bertz CT molecular complexity index is 719. The normalized spacial score (nSPS) is 28.9. The van der Waals surface area contributed by atoms with E-state index >= 15 is 0 Å². The number of ether oxygens (including phenoxy) is 1. The van der Waals surface area contributed by atoms with E-state index in [-0.39, 0.29) is 6.61 Å². The van der Waals surface area contributed by atoms with Gasteiger partial charge in [0.05, 0.1) is 12.0 Å². The van der Waals surface area contributed by atoms with Gasteiger partial charge in [0.15, 0.2) is 6.23 Å². The van der Waals surface area contributed by atoms with Crippen LogP contribution in [0.25, 0.3) is 17.1 Å². The first-order valence-corrected chi connectivity index (χ1v) is 7.50. The molecule has 1 aliphatic heterocycles. The standard InChI is InChI=1S/C13H15BrN4O4/c14-2-1-6-3-18(12-8(6)11(15)16-5-17-12)13-10(21)9(20)7(4-19)22-13/h1-3,5,7,9-10,13,19-21H,4H2,(H2,15,16,17)/b2-1+. The minimum absolute atomic E-state index is 0.302.